The lowest BCUT2D eigenvalue weighted by Crippen LogP contribution is -2.42. The molecule has 1 aromatic heterocycles. The van der Waals surface area contributed by atoms with Crippen molar-refractivity contribution >= 4 is 29.2 Å². The average Bonchev–Trinajstić information content (AvgIpc) is 3.20. The van der Waals surface area contributed by atoms with Gasteiger partial charge in [-0.05, 0) is 30.7 Å². The number of hydrogen-bond acceptors (Lipinski definition) is 5. The van der Waals surface area contributed by atoms with Crippen LogP contribution in [0.3, 0.4) is 0 Å². The summed E-state index contributed by atoms with van der Waals surface area (Å²) in [4.78, 5) is 42.7. The van der Waals surface area contributed by atoms with Gasteiger partial charge in [0.1, 0.15) is 13.2 Å². The van der Waals surface area contributed by atoms with E-state index in [-0.39, 0.29) is 18.4 Å². The maximum atomic E-state index is 12.4. The lowest BCUT2D eigenvalue weighted by molar-refractivity contribution is -0.133. The molecule has 0 bridgehead atoms. The SMILES string of the molecule is O=C(CCCc1cccs1)N1CCCN(C(=O)CN2CCOC2=O)CC1. The van der Waals surface area contributed by atoms with Crippen molar-refractivity contribution < 1.29 is 19.1 Å². The van der Waals surface area contributed by atoms with Gasteiger partial charge in [0.2, 0.25) is 11.8 Å². The van der Waals surface area contributed by atoms with E-state index in [0.29, 0.717) is 45.8 Å². The van der Waals surface area contributed by atoms with Crippen molar-refractivity contribution in [3.05, 3.63) is 22.4 Å². The summed E-state index contributed by atoms with van der Waals surface area (Å²) in [6.07, 6.45) is 2.69. The molecule has 2 aliphatic rings. The Balaban J connectivity index is 1.41. The second-order valence-electron chi connectivity index (χ2n) is 6.58. The van der Waals surface area contributed by atoms with E-state index in [1.807, 2.05) is 11.0 Å². The monoisotopic (exact) mass is 379 g/mol. The Morgan fingerprint density at radius 1 is 1.08 bits per heavy atom. The fraction of sp³-hybridized carbons (Fsp3) is 0.611. The Morgan fingerprint density at radius 3 is 2.50 bits per heavy atom. The minimum atomic E-state index is -0.421. The highest BCUT2D eigenvalue weighted by Gasteiger charge is 2.28. The van der Waals surface area contributed by atoms with E-state index in [4.69, 9.17) is 4.74 Å². The van der Waals surface area contributed by atoms with Gasteiger partial charge in [-0.15, -0.1) is 11.3 Å². The zero-order chi connectivity index (χ0) is 18.4. The number of thiophene rings is 1. The molecule has 3 heterocycles. The Bertz CT molecular complexity index is 634. The predicted molar refractivity (Wildman–Crippen MR) is 98.0 cm³/mol. The van der Waals surface area contributed by atoms with Gasteiger partial charge in [-0.1, -0.05) is 6.07 Å². The van der Waals surface area contributed by atoms with Gasteiger partial charge in [-0.2, -0.15) is 0 Å². The molecule has 1 aromatic rings. The molecular weight excluding hydrogens is 354 g/mol. The van der Waals surface area contributed by atoms with Crippen LogP contribution in [0.1, 0.15) is 24.1 Å². The Hall–Kier alpha value is -2.09. The molecule has 0 radical (unpaired) electrons. The van der Waals surface area contributed by atoms with Crippen LogP contribution in [-0.2, 0) is 20.7 Å². The Kier molecular flexibility index (Phi) is 6.49. The quantitative estimate of drug-likeness (QED) is 0.753. The predicted octanol–water partition coefficient (Wildman–Crippen LogP) is 1.58. The molecule has 26 heavy (non-hydrogen) atoms. The van der Waals surface area contributed by atoms with Gasteiger partial charge >= 0.3 is 6.09 Å². The van der Waals surface area contributed by atoms with Gasteiger partial charge < -0.3 is 14.5 Å². The number of cyclic esters (lactones) is 1. The molecular formula is C18H25N3O4S. The standard InChI is InChI=1S/C18H25N3O4S/c22-16(6-1-4-15-5-2-13-26-15)19-7-3-8-20(10-9-19)17(23)14-21-11-12-25-18(21)24/h2,5,13H,1,3-4,6-12,14H2. The molecule has 0 aliphatic carbocycles. The number of ether oxygens (including phenoxy) is 1. The van der Waals surface area contributed by atoms with Crippen LogP contribution in [0.2, 0.25) is 0 Å². The van der Waals surface area contributed by atoms with Crippen molar-refractivity contribution in [2.45, 2.75) is 25.7 Å². The molecule has 0 spiro atoms. The third-order valence-corrected chi connectivity index (χ3v) is 5.70. The lowest BCUT2D eigenvalue weighted by Gasteiger charge is -2.23. The minimum absolute atomic E-state index is 0.0631. The molecule has 0 aromatic carbocycles. The normalized spacial score (nSPS) is 18.0. The summed E-state index contributed by atoms with van der Waals surface area (Å²) in [6, 6.07) is 4.13. The van der Waals surface area contributed by atoms with E-state index in [1.165, 1.54) is 9.78 Å². The van der Waals surface area contributed by atoms with Crippen LogP contribution in [0.4, 0.5) is 4.79 Å². The van der Waals surface area contributed by atoms with Crippen molar-refractivity contribution in [1.29, 1.82) is 0 Å². The van der Waals surface area contributed by atoms with Crippen molar-refractivity contribution in [3.8, 4) is 0 Å². The average molecular weight is 379 g/mol. The zero-order valence-electron chi connectivity index (χ0n) is 14.9. The van der Waals surface area contributed by atoms with Crippen LogP contribution in [0.5, 0.6) is 0 Å². The minimum Gasteiger partial charge on any atom is -0.448 e. The molecule has 3 rings (SSSR count). The summed E-state index contributed by atoms with van der Waals surface area (Å²) in [5.74, 6) is 0.0924. The smallest absolute Gasteiger partial charge is 0.410 e. The highest BCUT2D eigenvalue weighted by Crippen LogP contribution is 2.14. The Labute approximate surface area is 157 Å². The van der Waals surface area contributed by atoms with E-state index in [1.54, 1.807) is 16.2 Å². The first kappa shape index (κ1) is 18.7. The van der Waals surface area contributed by atoms with E-state index in [2.05, 4.69) is 11.4 Å². The molecule has 2 saturated heterocycles. The maximum absolute atomic E-state index is 12.4. The van der Waals surface area contributed by atoms with E-state index in [9.17, 15) is 14.4 Å². The third kappa shape index (κ3) is 4.97. The van der Waals surface area contributed by atoms with Crippen molar-refractivity contribution in [3.63, 3.8) is 0 Å². The van der Waals surface area contributed by atoms with Gasteiger partial charge in [0.05, 0.1) is 6.54 Å². The molecule has 0 N–H and O–H groups in total. The zero-order valence-corrected chi connectivity index (χ0v) is 15.7. The van der Waals surface area contributed by atoms with Gasteiger partial charge in [-0.25, -0.2) is 4.79 Å². The maximum Gasteiger partial charge on any atom is 0.410 e. The van der Waals surface area contributed by atoms with Crippen molar-refractivity contribution in [2.24, 2.45) is 0 Å². The molecule has 0 saturated carbocycles. The number of hydrogen-bond donors (Lipinski definition) is 0. The number of aryl methyl sites for hydroxylation is 1. The van der Waals surface area contributed by atoms with Crippen LogP contribution in [-0.4, -0.2) is 78.5 Å². The summed E-state index contributed by atoms with van der Waals surface area (Å²) in [6.45, 7) is 3.28. The van der Waals surface area contributed by atoms with Gasteiger partial charge in [-0.3, -0.25) is 14.5 Å². The summed E-state index contributed by atoms with van der Waals surface area (Å²) >= 11 is 1.72. The van der Waals surface area contributed by atoms with Gasteiger partial charge in [0.25, 0.3) is 0 Å². The fourth-order valence-corrected chi connectivity index (χ4v) is 4.03. The number of carbonyl (C=O) groups excluding carboxylic acids is 3. The summed E-state index contributed by atoms with van der Waals surface area (Å²) in [5.41, 5.74) is 0. The lowest BCUT2D eigenvalue weighted by atomic mass is 10.2. The van der Waals surface area contributed by atoms with E-state index in [0.717, 1.165) is 19.3 Å². The molecule has 2 aliphatic heterocycles. The third-order valence-electron chi connectivity index (χ3n) is 4.77. The number of nitrogens with zero attached hydrogens (tertiary/aromatic N) is 3. The van der Waals surface area contributed by atoms with Crippen molar-refractivity contribution in [1.82, 2.24) is 14.7 Å². The first-order valence-corrected chi connectivity index (χ1v) is 10.0. The summed E-state index contributed by atoms with van der Waals surface area (Å²) < 4.78 is 4.86. The summed E-state index contributed by atoms with van der Waals surface area (Å²) in [5, 5.41) is 2.05. The molecule has 142 valence electrons. The largest absolute Gasteiger partial charge is 0.448 e. The fourth-order valence-electron chi connectivity index (χ4n) is 3.28. The second kappa shape index (κ2) is 9.02. The van der Waals surface area contributed by atoms with Crippen molar-refractivity contribution in [2.75, 3.05) is 45.9 Å². The highest BCUT2D eigenvalue weighted by molar-refractivity contribution is 7.09. The number of amides is 3. The second-order valence-corrected chi connectivity index (χ2v) is 7.62. The molecule has 8 heteroatoms. The molecule has 0 unspecified atom stereocenters. The first-order chi connectivity index (χ1) is 12.6. The van der Waals surface area contributed by atoms with E-state index >= 15 is 0 Å². The van der Waals surface area contributed by atoms with E-state index < -0.39 is 6.09 Å². The Morgan fingerprint density at radius 2 is 1.85 bits per heavy atom. The van der Waals surface area contributed by atoms with Crippen LogP contribution in [0, 0.1) is 0 Å². The summed E-state index contributed by atoms with van der Waals surface area (Å²) in [7, 11) is 0. The van der Waals surface area contributed by atoms with Gasteiger partial charge in [0, 0.05) is 37.5 Å². The highest BCUT2D eigenvalue weighted by atomic mass is 32.1. The van der Waals surface area contributed by atoms with Gasteiger partial charge in [0.15, 0.2) is 0 Å². The van der Waals surface area contributed by atoms with Crippen LogP contribution in [0.25, 0.3) is 0 Å². The molecule has 7 nitrogen and oxygen atoms in total. The number of rotatable bonds is 6. The topological polar surface area (TPSA) is 70.2 Å². The number of carbonyl (C=O) groups is 3. The molecule has 0 atom stereocenters. The molecule has 2 fully saturated rings. The first-order valence-electron chi connectivity index (χ1n) is 9.13. The van der Waals surface area contributed by atoms with Crippen LogP contribution >= 0.6 is 11.3 Å². The van der Waals surface area contributed by atoms with Crippen LogP contribution in [0.15, 0.2) is 17.5 Å². The molecule has 3 amide bonds. The van der Waals surface area contributed by atoms with Crippen LogP contribution < -0.4 is 0 Å².